The average molecular weight is 399 g/mol. The average Bonchev–Trinajstić information content (AvgIpc) is 3.44. The van der Waals surface area contributed by atoms with Crippen LogP contribution in [0.25, 0.3) is 10.2 Å². The molecule has 148 valence electrons. The van der Waals surface area contributed by atoms with E-state index in [1.807, 2.05) is 24.3 Å². The SMILES string of the molecule is COc1ccc(CCNC(=O)c2cc3sccc3n2C2CCCC2)cc1OC. The zero-order valence-corrected chi connectivity index (χ0v) is 17.2. The van der Waals surface area contributed by atoms with Gasteiger partial charge in [-0.2, -0.15) is 0 Å². The maximum Gasteiger partial charge on any atom is 0.267 e. The van der Waals surface area contributed by atoms with Crippen LogP contribution in [-0.4, -0.2) is 31.2 Å². The maximum absolute atomic E-state index is 12.9. The molecule has 1 saturated carbocycles. The summed E-state index contributed by atoms with van der Waals surface area (Å²) in [5.74, 6) is 1.43. The van der Waals surface area contributed by atoms with E-state index in [4.69, 9.17) is 9.47 Å². The Labute approximate surface area is 169 Å². The van der Waals surface area contributed by atoms with E-state index in [0.29, 0.717) is 24.1 Å². The highest BCUT2D eigenvalue weighted by Gasteiger charge is 2.24. The molecule has 0 atom stereocenters. The van der Waals surface area contributed by atoms with Crippen molar-refractivity contribution in [3.8, 4) is 11.5 Å². The molecule has 0 aliphatic heterocycles. The number of ether oxygens (including phenoxy) is 2. The predicted octanol–water partition coefficient (Wildman–Crippen LogP) is 4.81. The molecule has 2 heterocycles. The number of benzene rings is 1. The third-order valence-electron chi connectivity index (χ3n) is 5.53. The largest absolute Gasteiger partial charge is 0.493 e. The summed E-state index contributed by atoms with van der Waals surface area (Å²) in [6, 6.07) is 10.5. The van der Waals surface area contributed by atoms with Crippen LogP contribution < -0.4 is 14.8 Å². The smallest absolute Gasteiger partial charge is 0.267 e. The Hall–Kier alpha value is -2.47. The van der Waals surface area contributed by atoms with Crippen molar-refractivity contribution in [1.29, 1.82) is 0 Å². The molecule has 6 heteroatoms. The van der Waals surface area contributed by atoms with Gasteiger partial charge in [-0.05, 0) is 54.5 Å². The lowest BCUT2D eigenvalue weighted by Gasteiger charge is -2.17. The molecule has 1 aliphatic carbocycles. The standard InChI is InChI=1S/C22H26N2O3S/c1-26-19-8-7-15(13-20(19)27-2)9-11-23-22(25)18-14-21-17(10-12-28-21)24(18)16-5-3-4-6-16/h7-8,10,12-14,16H,3-6,9,11H2,1-2H3,(H,23,25). The van der Waals surface area contributed by atoms with Crippen molar-refractivity contribution in [2.24, 2.45) is 0 Å². The molecule has 4 rings (SSSR count). The van der Waals surface area contributed by atoms with Gasteiger partial charge in [0, 0.05) is 12.6 Å². The van der Waals surface area contributed by atoms with Crippen molar-refractivity contribution in [3.05, 3.63) is 47.0 Å². The molecule has 5 nitrogen and oxygen atoms in total. The first-order valence-electron chi connectivity index (χ1n) is 9.79. The van der Waals surface area contributed by atoms with Gasteiger partial charge in [0.25, 0.3) is 5.91 Å². The van der Waals surface area contributed by atoms with Crippen molar-refractivity contribution in [2.75, 3.05) is 20.8 Å². The molecule has 2 aromatic heterocycles. The topological polar surface area (TPSA) is 52.5 Å². The van der Waals surface area contributed by atoms with Crippen LogP contribution in [0.3, 0.4) is 0 Å². The highest BCUT2D eigenvalue weighted by Crippen LogP contribution is 2.36. The molecule has 0 bridgehead atoms. The lowest BCUT2D eigenvalue weighted by Crippen LogP contribution is -2.28. The minimum absolute atomic E-state index is 0.00998. The minimum atomic E-state index is 0.00998. The van der Waals surface area contributed by atoms with E-state index in [1.165, 1.54) is 23.1 Å². The van der Waals surface area contributed by atoms with Gasteiger partial charge in [-0.3, -0.25) is 4.79 Å². The van der Waals surface area contributed by atoms with Gasteiger partial charge in [-0.1, -0.05) is 18.9 Å². The van der Waals surface area contributed by atoms with Crippen LogP contribution in [0.4, 0.5) is 0 Å². The summed E-state index contributed by atoms with van der Waals surface area (Å²) in [6.45, 7) is 0.581. The van der Waals surface area contributed by atoms with Gasteiger partial charge in [0.1, 0.15) is 5.69 Å². The molecule has 0 saturated heterocycles. The quantitative estimate of drug-likeness (QED) is 0.621. The van der Waals surface area contributed by atoms with Gasteiger partial charge < -0.3 is 19.4 Å². The number of thiophene rings is 1. The van der Waals surface area contributed by atoms with Gasteiger partial charge in [0.15, 0.2) is 11.5 Å². The molecule has 0 radical (unpaired) electrons. The molecule has 1 fully saturated rings. The summed E-state index contributed by atoms with van der Waals surface area (Å²) in [7, 11) is 3.26. The monoisotopic (exact) mass is 398 g/mol. The zero-order chi connectivity index (χ0) is 19.5. The van der Waals surface area contributed by atoms with E-state index in [9.17, 15) is 4.79 Å². The van der Waals surface area contributed by atoms with Gasteiger partial charge in [-0.25, -0.2) is 0 Å². The van der Waals surface area contributed by atoms with E-state index in [1.54, 1.807) is 25.6 Å². The van der Waals surface area contributed by atoms with Gasteiger partial charge in [0.2, 0.25) is 0 Å². The first kappa shape index (κ1) is 18.9. The van der Waals surface area contributed by atoms with Crippen LogP contribution in [0.15, 0.2) is 35.7 Å². The Morgan fingerprint density at radius 2 is 1.93 bits per heavy atom. The number of amides is 1. The number of rotatable bonds is 7. The third-order valence-corrected chi connectivity index (χ3v) is 6.38. The van der Waals surface area contributed by atoms with Crippen molar-refractivity contribution in [1.82, 2.24) is 9.88 Å². The first-order chi connectivity index (χ1) is 13.7. The predicted molar refractivity (Wildman–Crippen MR) is 113 cm³/mol. The summed E-state index contributed by atoms with van der Waals surface area (Å²) in [4.78, 5) is 12.9. The summed E-state index contributed by atoms with van der Waals surface area (Å²) >= 11 is 1.70. The summed E-state index contributed by atoms with van der Waals surface area (Å²) < 4.78 is 14.1. The molecule has 1 N–H and O–H groups in total. The number of aromatic nitrogens is 1. The van der Waals surface area contributed by atoms with Crippen molar-refractivity contribution in [2.45, 2.75) is 38.1 Å². The lowest BCUT2D eigenvalue weighted by molar-refractivity contribution is 0.0943. The number of methoxy groups -OCH3 is 2. The number of hydrogen-bond donors (Lipinski definition) is 1. The fraction of sp³-hybridized carbons (Fsp3) is 0.409. The van der Waals surface area contributed by atoms with Crippen molar-refractivity contribution >= 4 is 27.5 Å². The normalized spacial score (nSPS) is 14.5. The van der Waals surface area contributed by atoms with E-state index >= 15 is 0 Å². The second-order valence-electron chi connectivity index (χ2n) is 7.20. The molecule has 1 aliphatic rings. The fourth-order valence-electron chi connectivity index (χ4n) is 4.12. The van der Waals surface area contributed by atoms with Crippen LogP contribution in [0.5, 0.6) is 11.5 Å². The molecular formula is C22H26N2O3S. The number of carbonyl (C=O) groups excluding carboxylic acids is 1. The van der Waals surface area contributed by atoms with Gasteiger partial charge in [0.05, 0.1) is 24.4 Å². The molecule has 1 amide bonds. The minimum Gasteiger partial charge on any atom is -0.493 e. The maximum atomic E-state index is 12.9. The Balaban J connectivity index is 1.46. The Morgan fingerprint density at radius 3 is 2.68 bits per heavy atom. The van der Waals surface area contributed by atoms with E-state index in [2.05, 4.69) is 21.3 Å². The van der Waals surface area contributed by atoms with Gasteiger partial charge >= 0.3 is 0 Å². The van der Waals surface area contributed by atoms with E-state index in [-0.39, 0.29) is 5.91 Å². The van der Waals surface area contributed by atoms with Crippen LogP contribution in [0.2, 0.25) is 0 Å². The number of carbonyl (C=O) groups is 1. The molecular weight excluding hydrogens is 372 g/mol. The highest BCUT2D eigenvalue weighted by molar-refractivity contribution is 7.17. The zero-order valence-electron chi connectivity index (χ0n) is 16.4. The number of fused-ring (bicyclic) bond motifs is 1. The second-order valence-corrected chi connectivity index (χ2v) is 8.15. The van der Waals surface area contributed by atoms with Crippen molar-refractivity contribution in [3.63, 3.8) is 0 Å². The molecule has 0 spiro atoms. The summed E-state index contributed by atoms with van der Waals surface area (Å²) in [5.41, 5.74) is 3.09. The molecule has 1 aromatic carbocycles. The summed E-state index contributed by atoms with van der Waals surface area (Å²) in [6.07, 6.45) is 5.55. The van der Waals surface area contributed by atoms with Gasteiger partial charge in [-0.15, -0.1) is 11.3 Å². The molecule has 28 heavy (non-hydrogen) atoms. The fourth-order valence-corrected chi connectivity index (χ4v) is 4.93. The van der Waals surface area contributed by atoms with Crippen LogP contribution >= 0.6 is 11.3 Å². The highest BCUT2D eigenvalue weighted by atomic mass is 32.1. The number of nitrogens with zero attached hydrogens (tertiary/aromatic N) is 1. The Morgan fingerprint density at radius 1 is 1.14 bits per heavy atom. The Kier molecular flexibility index (Phi) is 5.57. The van der Waals surface area contributed by atoms with Crippen LogP contribution in [0.1, 0.15) is 47.8 Å². The lowest BCUT2D eigenvalue weighted by atomic mass is 10.1. The molecule has 0 unspecified atom stereocenters. The second kappa shape index (κ2) is 8.27. The number of hydrogen-bond acceptors (Lipinski definition) is 4. The van der Waals surface area contributed by atoms with Crippen molar-refractivity contribution < 1.29 is 14.3 Å². The third kappa shape index (κ3) is 3.61. The Bertz CT molecular complexity index is 969. The van der Waals surface area contributed by atoms with E-state index < -0.39 is 0 Å². The first-order valence-corrected chi connectivity index (χ1v) is 10.7. The van der Waals surface area contributed by atoms with Crippen LogP contribution in [-0.2, 0) is 6.42 Å². The number of nitrogens with one attached hydrogen (secondary N) is 1. The molecule has 3 aromatic rings. The van der Waals surface area contributed by atoms with Crippen LogP contribution in [0, 0.1) is 0 Å². The summed E-state index contributed by atoms with van der Waals surface area (Å²) in [5, 5.41) is 5.21. The van der Waals surface area contributed by atoms with E-state index in [0.717, 1.165) is 30.5 Å².